The minimum absolute atomic E-state index is 0.584. The molecular weight excluding hydrogens is 362 g/mol. The first kappa shape index (κ1) is 18.8. The molecule has 0 atom stereocenters. The largest absolute Gasteiger partial charge is 0.494 e. The van der Waals surface area contributed by atoms with Crippen LogP contribution in [-0.4, -0.2) is 32.7 Å². The third kappa shape index (κ3) is 3.61. The molecule has 0 aliphatic rings. The van der Waals surface area contributed by atoms with Gasteiger partial charge in [0, 0.05) is 16.8 Å². The maximum atomic E-state index is 5.71. The van der Waals surface area contributed by atoms with E-state index in [0.717, 1.165) is 57.8 Å². The normalized spacial score (nSPS) is 10.9. The molecule has 0 amide bonds. The molecule has 1 N–H and O–H groups in total. The Hall–Kier alpha value is -3.54. The number of pyridine rings is 1. The van der Waals surface area contributed by atoms with Crippen LogP contribution in [0.2, 0.25) is 0 Å². The van der Waals surface area contributed by atoms with E-state index in [1.54, 1.807) is 7.11 Å². The first-order valence-corrected chi connectivity index (χ1v) is 9.75. The van der Waals surface area contributed by atoms with E-state index in [-0.39, 0.29) is 0 Å². The highest BCUT2D eigenvalue weighted by atomic mass is 16.5. The Morgan fingerprint density at radius 3 is 2.14 bits per heavy atom. The first-order valence-electron chi connectivity index (χ1n) is 9.75. The van der Waals surface area contributed by atoms with Crippen LogP contribution < -0.4 is 4.74 Å². The lowest BCUT2D eigenvalue weighted by molar-refractivity contribution is 0.408. The van der Waals surface area contributed by atoms with Gasteiger partial charge in [-0.1, -0.05) is 62.4 Å². The fourth-order valence-electron chi connectivity index (χ4n) is 3.54. The number of H-pyrrole nitrogens is 1. The van der Waals surface area contributed by atoms with Gasteiger partial charge in [-0.25, -0.2) is 0 Å². The average molecular weight is 385 g/mol. The predicted molar refractivity (Wildman–Crippen MR) is 114 cm³/mol. The van der Waals surface area contributed by atoms with Gasteiger partial charge in [-0.2, -0.15) is 5.21 Å². The van der Waals surface area contributed by atoms with Gasteiger partial charge in [-0.15, -0.1) is 10.2 Å². The molecular formula is C23H23N5O. The Labute approximate surface area is 170 Å². The molecule has 0 spiro atoms. The molecule has 0 radical (unpaired) electrons. The SMILES string of the molecule is CCc1cc(-c2ccc(-c3ccccc3-c3nn[nH]n3)cc2)c(OC)c(CC)n1. The molecule has 6 nitrogen and oxygen atoms in total. The van der Waals surface area contributed by atoms with Gasteiger partial charge < -0.3 is 4.74 Å². The molecule has 2 heterocycles. The second kappa shape index (κ2) is 8.22. The lowest BCUT2D eigenvalue weighted by Crippen LogP contribution is -2.01. The fourth-order valence-corrected chi connectivity index (χ4v) is 3.54. The summed E-state index contributed by atoms with van der Waals surface area (Å²) in [5.41, 5.74) is 7.34. The molecule has 0 saturated heterocycles. The highest BCUT2D eigenvalue weighted by Gasteiger charge is 2.15. The summed E-state index contributed by atoms with van der Waals surface area (Å²) in [6, 6.07) is 18.7. The molecule has 2 aromatic heterocycles. The lowest BCUT2D eigenvalue weighted by atomic mass is 9.96. The van der Waals surface area contributed by atoms with E-state index >= 15 is 0 Å². The maximum Gasteiger partial charge on any atom is 0.205 e. The number of methoxy groups -OCH3 is 1. The summed E-state index contributed by atoms with van der Waals surface area (Å²) in [5.74, 6) is 1.44. The van der Waals surface area contributed by atoms with Gasteiger partial charge in [0.25, 0.3) is 0 Å². The van der Waals surface area contributed by atoms with Crippen LogP contribution >= 0.6 is 0 Å². The Balaban J connectivity index is 1.77. The van der Waals surface area contributed by atoms with Gasteiger partial charge in [-0.3, -0.25) is 4.98 Å². The van der Waals surface area contributed by atoms with E-state index in [1.807, 2.05) is 18.2 Å². The number of hydrogen-bond acceptors (Lipinski definition) is 5. The van der Waals surface area contributed by atoms with Crippen molar-refractivity contribution in [3.8, 4) is 39.4 Å². The van der Waals surface area contributed by atoms with Crippen molar-refractivity contribution >= 4 is 0 Å². The van der Waals surface area contributed by atoms with Crippen LogP contribution in [0.5, 0.6) is 5.75 Å². The Morgan fingerprint density at radius 2 is 1.55 bits per heavy atom. The van der Waals surface area contributed by atoms with Crippen molar-refractivity contribution in [3.05, 3.63) is 66.0 Å². The van der Waals surface area contributed by atoms with Crippen LogP contribution in [0.25, 0.3) is 33.6 Å². The van der Waals surface area contributed by atoms with Gasteiger partial charge in [0.15, 0.2) is 0 Å². The van der Waals surface area contributed by atoms with E-state index in [9.17, 15) is 0 Å². The number of rotatable bonds is 6. The van der Waals surface area contributed by atoms with Gasteiger partial charge in [-0.05, 0) is 40.8 Å². The zero-order valence-corrected chi connectivity index (χ0v) is 16.8. The van der Waals surface area contributed by atoms with Crippen LogP contribution in [0.4, 0.5) is 0 Å². The molecule has 0 aliphatic carbocycles. The summed E-state index contributed by atoms with van der Waals surface area (Å²) in [7, 11) is 1.71. The van der Waals surface area contributed by atoms with Crippen molar-refractivity contribution in [2.24, 2.45) is 0 Å². The van der Waals surface area contributed by atoms with Crippen molar-refractivity contribution in [2.45, 2.75) is 26.7 Å². The van der Waals surface area contributed by atoms with E-state index in [4.69, 9.17) is 9.72 Å². The Bertz CT molecular complexity index is 1100. The maximum absolute atomic E-state index is 5.71. The molecule has 4 rings (SSSR count). The third-order valence-corrected chi connectivity index (χ3v) is 5.02. The number of hydrogen-bond donors (Lipinski definition) is 1. The second-order valence-electron chi connectivity index (χ2n) is 6.71. The zero-order chi connectivity index (χ0) is 20.2. The van der Waals surface area contributed by atoms with Crippen LogP contribution in [0.15, 0.2) is 54.6 Å². The quantitative estimate of drug-likeness (QED) is 0.519. The third-order valence-electron chi connectivity index (χ3n) is 5.02. The standard InChI is InChI=1S/C23H23N5O/c1-4-17-14-20(22(29-3)21(5-2)24-17)16-12-10-15(11-13-16)18-8-6-7-9-19(18)23-25-27-28-26-23/h6-14H,4-5H2,1-3H3,(H,25,26,27,28). The number of aryl methyl sites for hydroxylation is 2. The summed E-state index contributed by atoms with van der Waals surface area (Å²) in [6.07, 6.45) is 1.72. The zero-order valence-electron chi connectivity index (χ0n) is 16.8. The summed E-state index contributed by atoms with van der Waals surface area (Å²) in [6.45, 7) is 4.22. The minimum atomic E-state index is 0.584. The van der Waals surface area contributed by atoms with Gasteiger partial charge in [0.2, 0.25) is 5.82 Å². The summed E-state index contributed by atoms with van der Waals surface area (Å²) in [5, 5.41) is 14.5. The van der Waals surface area contributed by atoms with Gasteiger partial charge >= 0.3 is 0 Å². The number of nitrogens with one attached hydrogen (secondary N) is 1. The highest BCUT2D eigenvalue weighted by Crippen LogP contribution is 2.36. The van der Waals surface area contributed by atoms with Gasteiger partial charge in [0.05, 0.1) is 12.8 Å². The molecule has 0 fully saturated rings. The Kier molecular flexibility index (Phi) is 5.33. The predicted octanol–water partition coefficient (Wildman–Crippen LogP) is 4.73. The van der Waals surface area contributed by atoms with Crippen LogP contribution in [-0.2, 0) is 12.8 Å². The molecule has 146 valence electrons. The Morgan fingerprint density at radius 1 is 0.862 bits per heavy atom. The number of aromatic amines is 1. The van der Waals surface area contributed by atoms with E-state index < -0.39 is 0 Å². The molecule has 0 bridgehead atoms. The molecule has 0 saturated carbocycles. The number of nitrogens with zero attached hydrogens (tertiary/aromatic N) is 4. The number of tetrazole rings is 1. The van der Waals surface area contributed by atoms with Crippen LogP contribution in [0, 0.1) is 0 Å². The summed E-state index contributed by atoms with van der Waals surface area (Å²) >= 11 is 0. The smallest absolute Gasteiger partial charge is 0.205 e. The van der Waals surface area contributed by atoms with E-state index in [0.29, 0.717) is 5.82 Å². The van der Waals surface area contributed by atoms with E-state index in [2.05, 4.69) is 70.9 Å². The molecule has 29 heavy (non-hydrogen) atoms. The summed E-state index contributed by atoms with van der Waals surface area (Å²) < 4.78 is 5.71. The molecule has 2 aromatic carbocycles. The number of aromatic nitrogens is 5. The first-order chi connectivity index (χ1) is 14.2. The van der Waals surface area contributed by atoms with Crippen molar-refractivity contribution in [1.29, 1.82) is 0 Å². The fraction of sp³-hybridized carbons (Fsp3) is 0.217. The lowest BCUT2D eigenvalue weighted by Gasteiger charge is -2.15. The molecule has 0 unspecified atom stereocenters. The monoisotopic (exact) mass is 385 g/mol. The highest BCUT2D eigenvalue weighted by molar-refractivity contribution is 5.82. The topological polar surface area (TPSA) is 76.6 Å². The van der Waals surface area contributed by atoms with Crippen molar-refractivity contribution in [3.63, 3.8) is 0 Å². The van der Waals surface area contributed by atoms with Crippen molar-refractivity contribution < 1.29 is 4.74 Å². The van der Waals surface area contributed by atoms with Crippen LogP contribution in [0.1, 0.15) is 25.2 Å². The van der Waals surface area contributed by atoms with Gasteiger partial charge in [0.1, 0.15) is 5.75 Å². The summed E-state index contributed by atoms with van der Waals surface area (Å²) in [4.78, 5) is 4.72. The average Bonchev–Trinajstić information content (AvgIpc) is 3.33. The minimum Gasteiger partial charge on any atom is -0.494 e. The molecule has 4 aromatic rings. The van der Waals surface area contributed by atoms with E-state index in [1.165, 1.54) is 0 Å². The molecule has 6 heteroatoms. The van der Waals surface area contributed by atoms with Crippen molar-refractivity contribution in [2.75, 3.05) is 7.11 Å². The van der Waals surface area contributed by atoms with Crippen LogP contribution in [0.3, 0.4) is 0 Å². The molecule has 0 aliphatic heterocycles. The number of benzene rings is 2. The second-order valence-corrected chi connectivity index (χ2v) is 6.71. The van der Waals surface area contributed by atoms with Crippen molar-refractivity contribution in [1.82, 2.24) is 25.6 Å². The number of ether oxygens (including phenoxy) is 1.